The van der Waals surface area contributed by atoms with Gasteiger partial charge in [0.2, 0.25) is 0 Å². The minimum absolute atomic E-state index is 0.347. The fourth-order valence-electron chi connectivity index (χ4n) is 2.19. The Morgan fingerprint density at radius 1 is 0.571 bits per heavy atom. The van der Waals surface area contributed by atoms with Crippen molar-refractivity contribution in [2.75, 3.05) is 6.61 Å². The zero-order chi connectivity index (χ0) is 15.4. The highest BCUT2D eigenvalue weighted by Gasteiger charge is 1.88. The molecule has 0 saturated heterocycles. The normalized spacial score (nSPS) is 12.3. The Morgan fingerprint density at radius 3 is 1.62 bits per heavy atom. The lowest BCUT2D eigenvalue weighted by Crippen LogP contribution is -1.83. The summed E-state index contributed by atoms with van der Waals surface area (Å²) in [7, 11) is 0. The van der Waals surface area contributed by atoms with Crippen LogP contribution in [0, 0.1) is 0 Å². The van der Waals surface area contributed by atoms with E-state index < -0.39 is 0 Å². The van der Waals surface area contributed by atoms with Gasteiger partial charge in [0, 0.05) is 6.61 Å². The van der Waals surface area contributed by atoms with Crippen molar-refractivity contribution in [1.29, 1.82) is 0 Å². The van der Waals surface area contributed by atoms with Crippen LogP contribution in [-0.2, 0) is 0 Å². The van der Waals surface area contributed by atoms with E-state index in [0.717, 1.165) is 19.3 Å². The van der Waals surface area contributed by atoms with Crippen LogP contribution in [0.5, 0.6) is 0 Å². The zero-order valence-electron chi connectivity index (χ0n) is 14.1. The number of allylic oxidation sites excluding steroid dienone is 6. The molecule has 1 N–H and O–H groups in total. The van der Waals surface area contributed by atoms with Crippen LogP contribution in [0.1, 0.15) is 84.0 Å². The van der Waals surface area contributed by atoms with E-state index in [-0.39, 0.29) is 0 Å². The molecule has 0 rings (SSSR count). The maximum atomic E-state index is 8.67. The van der Waals surface area contributed by atoms with Gasteiger partial charge in [-0.3, -0.25) is 0 Å². The van der Waals surface area contributed by atoms with E-state index in [1.807, 2.05) is 0 Å². The molecule has 0 radical (unpaired) electrons. The topological polar surface area (TPSA) is 20.2 Å². The van der Waals surface area contributed by atoms with Crippen LogP contribution in [0.15, 0.2) is 36.5 Å². The summed E-state index contributed by atoms with van der Waals surface area (Å²) in [6.07, 6.45) is 28.2. The molecule has 0 unspecified atom stereocenters. The lowest BCUT2D eigenvalue weighted by Gasteiger charge is -1.97. The summed E-state index contributed by atoms with van der Waals surface area (Å²) in [5, 5.41) is 8.67. The van der Waals surface area contributed by atoms with Crippen molar-refractivity contribution in [3.8, 4) is 0 Å². The third-order valence-corrected chi connectivity index (χ3v) is 3.55. The second-order valence-electron chi connectivity index (χ2n) is 5.66. The van der Waals surface area contributed by atoms with Gasteiger partial charge in [-0.25, -0.2) is 0 Å². The molecular weight excluding hydrogens is 256 g/mol. The third-order valence-electron chi connectivity index (χ3n) is 3.55. The average Bonchev–Trinajstić information content (AvgIpc) is 2.50. The Balaban J connectivity index is 3.24. The van der Waals surface area contributed by atoms with Crippen molar-refractivity contribution in [2.24, 2.45) is 0 Å². The smallest absolute Gasteiger partial charge is 0.0431 e. The van der Waals surface area contributed by atoms with E-state index in [1.165, 1.54) is 57.8 Å². The van der Waals surface area contributed by atoms with Gasteiger partial charge in [0.05, 0.1) is 0 Å². The Morgan fingerprint density at radius 2 is 1.05 bits per heavy atom. The van der Waals surface area contributed by atoms with Crippen LogP contribution in [0.2, 0.25) is 0 Å². The van der Waals surface area contributed by atoms with Gasteiger partial charge in [0.1, 0.15) is 0 Å². The molecule has 0 spiro atoms. The minimum atomic E-state index is 0.347. The van der Waals surface area contributed by atoms with Crippen LogP contribution in [0.3, 0.4) is 0 Å². The molecule has 0 aliphatic heterocycles. The highest BCUT2D eigenvalue weighted by atomic mass is 16.2. The van der Waals surface area contributed by atoms with E-state index in [0.29, 0.717) is 6.61 Å². The van der Waals surface area contributed by atoms with Crippen molar-refractivity contribution in [3.05, 3.63) is 36.5 Å². The maximum Gasteiger partial charge on any atom is 0.0431 e. The van der Waals surface area contributed by atoms with Crippen molar-refractivity contribution < 1.29 is 5.11 Å². The molecule has 0 heterocycles. The predicted octanol–water partition coefficient (Wildman–Crippen LogP) is 6.35. The van der Waals surface area contributed by atoms with Crippen molar-refractivity contribution in [1.82, 2.24) is 0 Å². The van der Waals surface area contributed by atoms with Gasteiger partial charge in [0.25, 0.3) is 0 Å². The van der Waals surface area contributed by atoms with E-state index in [1.54, 1.807) is 0 Å². The molecule has 0 aromatic heterocycles. The molecule has 1 nitrogen and oxygen atoms in total. The fourth-order valence-corrected chi connectivity index (χ4v) is 2.19. The lowest BCUT2D eigenvalue weighted by molar-refractivity contribution is 0.282. The molecule has 0 aliphatic carbocycles. The number of aliphatic hydroxyl groups is 1. The summed E-state index contributed by atoms with van der Waals surface area (Å²) in [4.78, 5) is 0. The van der Waals surface area contributed by atoms with Crippen LogP contribution in [0.25, 0.3) is 0 Å². The Kier molecular flexibility index (Phi) is 18.4. The molecular formula is C20H36O. The van der Waals surface area contributed by atoms with E-state index in [9.17, 15) is 0 Å². The van der Waals surface area contributed by atoms with Crippen molar-refractivity contribution >= 4 is 0 Å². The van der Waals surface area contributed by atoms with Gasteiger partial charge in [-0.05, 0) is 44.9 Å². The molecule has 0 atom stereocenters. The fraction of sp³-hybridized carbons (Fsp3) is 0.700. The van der Waals surface area contributed by atoms with Gasteiger partial charge in [-0.15, -0.1) is 0 Å². The third kappa shape index (κ3) is 19.2. The second kappa shape index (κ2) is 19.2. The van der Waals surface area contributed by atoms with Crippen molar-refractivity contribution in [3.63, 3.8) is 0 Å². The largest absolute Gasteiger partial charge is 0.396 e. The molecule has 122 valence electrons. The molecule has 21 heavy (non-hydrogen) atoms. The first-order valence-corrected chi connectivity index (χ1v) is 8.97. The zero-order valence-corrected chi connectivity index (χ0v) is 14.1. The predicted molar refractivity (Wildman–Crippen MR) is 95.6 cm³/mol. The van der Waals surface area contributed by atoms with Crippen LogP contribution < -0.4 is 0 Å². The summed E-state index contributed by atoms with van der Waals surface area (Å²) in [5.74, 6) is 0. The Bertz CT molecular complexity index is 263. The number of hydrogen-bond acceptors (Lipinski definition) is 1. The van der Waals surface area contributed by atoms with Crippen LogP contribution in [0.4, 0.5) is 0 Å². The second-order valence-corrected chi connectivity index (χ2v) is 5.66. The molecule has 0 aromatic rings. The molecule has 0 fully saturated rings. The standard InChI is InChI=1S/C20H36O/c1-2-3-4-5-6-7-8-9-10-11-12-13-14-15-16-17-18-19-20-21/h6-7,9-10,12-13,21H,2-5,8,11,14-20H2,1H3/b7-6+,10-9+,13-12+. The minimum Gasteiger partial charge on any atom is -0.396 e. The van der Waals surface area contributed by atoms with Gasteiger partial charge in [-0.2, -0.15) is 0 Å². The quantitative estimate of drug-likeness (QED) is 0.275. The van der Waals surface area contributed by atoms with Crippen LogP contribution >= 0.6 is 0 Å². The average molecular weight is 293 g/mol. The van der Waals surface area contributed by atoms with Gasteiger partial charge < -0.3 is 5.11 Å². The summed E-state index contributed by atoms with van der Waals surface area (Å²) in [6.45, 7) is 2.59. The first kappa shape index (κ1) is 20.2. The monoisotopic (exact) mass is 292 g/mol. The lowest BCUT2D eigenvalue weighted by atomic mass is 10.1. The Hall–Kier alpha value is -0.820. The molecule has 0 aromatic carbocycles. The summed E-state index contributed by atoms with van der Waals surface area (Å²) in [6, 6.07) is 0. The Labute approximate surface area is 132 Å². The molecule has 0 saturated carbocycles. The summed E-state index contributed by atoms with van der Waals surface area (Å²) in [5.41, 5.74) is 0. The van der Waals surface area contributed by atoms with Crippen LogP contribution in [-0.4, -0.2) is 11.7 Å². The van der Waals surface area contributed by atoms with E-state index in [2.05, 4.69) is 43.4 Å². The molecule has 0 bridgehead atoms. The SMILES string of the molecule is CCCCC/C=C/C/C=C/C/C=C/CCCCCCCO. The van der Waals surface area contributed by atoms with Crippen molar-refractivity contribution in [2.45, 2.75) is 84.0 Å². The van der Waals surface area contributed by atoms with E-state index >= 15 is 0 Å². The molecule has 0 amide bonds. The molecule has 0 aliphatic rings. The molecule has 1 heteroatoms. The first-order valence-electron chi connectivity index (χ1n) is 8.97. The number of hydrogen-bond donors (Lipinski definition) is 1. The maximum absolute atomic E-state index is 8.67. The first-order chi connectivity index (χ1) is 10.4. The highest BCUT2D eigenvalue weighted by Crippen LogP contribution is 2.06. The number of rotatable bonds is 15. The summed E-state index contributed by atoms with van der Waals surface area (Å²) >= 11 is 0. The van der Waals surface area contributed by atoms with Gasteiger partial charge >= 0.3 is 0 Å². The van der Waals surface area contributed by atoms with E-state index in [4.69, 9.17) is 5.11 Å². The highest BCUT2D eigenvalue weighted by molar-refractivity contribution is 4.97. The summed E-state index contributed by atoms with van der Waals surface area (Å²) < 4.78 is 0. The van der Waals surface area contributed by atoms with Gasteiger partial charge in [0.15, 0.2) is 0 Å². The number of aliphatic hydroxyl groups excluding tert-OH is 1. The number of unbranched alkanes of at least 4 members (excludes halogenated alkanes) is 8. The van der Waals surface area contributed by atoms with Gasteiger partial charge in [-0.1, -0.05) is 75.5 Å².